The van der Waals surface area contributed by atoms with Gasteiger partial charge in [0.2, 0.25) is 11.7 Å². The van der Waals surface area contributed by atoms with E-state index in [1.807, 2.05) is 5.32 Å². The van der Waals surface area contributed by atoms with Gasteiger partial charge in [-0.05, 0) is 41.8 Å². The number of alkyl halides is 5. The first-order chi connectivity index (χ1) is 19.8. The molecule has 0 aliphatic rings. The molecular weight excluding hydrogens is 638 g/mol. The van der Waals surface area contributed by atoms with E-state index in [9.17, 15) is 49.9 Å². The smallest absolute Gasteiger partial charge is 0.405 e. The average Bonchev–Trinajstić information content (AvgIpc) is 2.89. The van der Waals surface area contributed by atoms with Crippen LogP contribution in [0.2, 0.25) is 10.0 Å². The predicted octanol–water partition coefficient (Wildman–Crippen LogP) is 4.40. The Balaban J connectivity index is 2.27. The molecule has 3 N–H and O–H groups in total. The number of rotatable bonds is 13. The first kappa shape index (κ1) is 35.6. The summed E-state index contributed by atoms with van der Waals surface area (Å²) in [5, 5.41) is 5.44. The van der Waals surface area contributed by atoms with Crippen LogP contribution in [0.1, 0.15) is 19.4 Å². The molecule has 2 unspecified atom stereocenters. The normalized spacial score (nSPS) is 13.2. The minimum absolute atomic E-state index is 0.0360. The van der Waals surface area contributed by atoms with Gasteiger partial charge in [0.1, 0.15) is 18.3 Å². The summed E-state index contributed by atoms with van der Waals surface area (Å²) in [4.78, 5) is 50.1. The highest BCUT2D eigenvalue weighted by molar-refractivity contribution is 6.34. The zero-order valence-corrected chi connectivity index (χ0v) is 23.8. The zero-order chi connectivity index (χ0) is 32.7. The molecule has 17 heteroatoms. The number of hydrogen-bond donors (Lipinski definition) is 3. The lowest BCUT2D eigenvalue weighted by atomic mass is 9.94. The van der Waals surface area contributed by atoms with E-state index in [0.717, 1.165) is 17.4 Å². The third-order valence-corrected chi connectivity index (χ3v) is 6.01. The number of ether oxygens (including phenoxy) is 1. The second kappa shape index (κ2) is 14.7. The van der Waals surface area contributed by atoms with Gasteiger partial charge in [-0.3, -0.25) is 19.2 Å². The van der Waals surface area contributed by atoms with Crippen LogP contribution in [0.4, 0.5) is 30.7 Å². The van der Waals surface area contributed by atoms with Crippen LogP contribution in [0.3, 0.4) is 0 Å². The third-order valence-electron chi connectivity index (χ3n) is 5.57. The average molecular weight is 662 g/mol. The third kappa shape index (κ3) is 10.9. The Labute approximate surface area is 250 Å². The molecule has 236 valence electrons. The number of Topliss-reactive ketones (excluding diaryl/α,β-unsaturated/α-hetero) is 1. The highest BCUT2D eigenvalue weighted by Gasteiger charge is 2.52. The van der Waals surface area contributed by atoms with Crippen molar-refractivity contribution < 1.29 is 54.6 Å². The molecule has 43 heavy (non-hydrogen) atoms. The molecule has 0 bridgehead atoms. The molecule has 0 fully saturated rings. The number of carbonyl (C=O) groups is 4. The Morgan fingerprint density at radius 3 is 2.02 bits per heavy atom. The van der Waals surface area contributed by atoms with Crippen molar-refractivity contribution in [2.24, 2.45) is 5.92 Å². The monoisotopic (exact) mass is 661 g/mol. The Bertz CT molecular complexity index is 1340. The summed E-state index contributed by atoms with van der Waals surface area (Å²) in [5.74, 6) is -15.6. The Morgan fingerprint density at radius 2 is 1.49 bits per heavy atom. The molecule has 0 saturated carbocycles. The van der Waals surface area contributed by atoms with Crippen molar-refractivity contribution in [1.29, 1.82) is 0 Å². The van der Waals surface area contributed by atoms with Crippen LogP contribution in [0.25, 0.3) is 0 Å². The number of ketones is 1. The van der Waals surface area contributed by atoms with Gasteiger partial charge in [0, 0.05) is 16.5 Å². The fraction of sp³-hybridized carbons (Fsp3) is 0.385. The predicted molar refractivity (Wildman–Crippen MR) is 140 cm³/mol. The Kier molecular flexibility index (Phi) is 12.2. The SMILES string of the molecule is CC(C)C(NC(=O)C(Cc1ccc(F)c(F)c1)NC(=O)COc1cc(Cl)cc(Cl)c1)C(=O)C(F)(F)C(=O)NCC(F)(F)F. The van der Waals surface area contributed by atoms with Crippen LogP contribution in [-0.2, 0) is 25.6 Å². The lowest BCUT2D eigenvalue weighted by Gasteiger charge is -2.27. The van der Waals surface area contributed by atoms with E-state index in [-0.39, 0.29) is 21.4 Å². The molecule has 0 heterocycles. The van der Waals surface area contributed by atoms with Crippen LogP contribution in [0.5, 0.6) is 5.75 Å². The highest BCUT2D eigenvalue weighted by Crippen LogP contribution is 2.24. The molecule has 0 aliphatic heterocycles. The Morgan fingerprint density at radius 1 is 0.884 bits per heavy atom. The van der Waals surface area contributed by atoms with E-state index < -0.39 is 84.8 Å². The van der Waals surface area contributed by atoms with Gasteiger partial charge in [-0.2, -0.15) is 22.0 Å². The van der Waals surface area contributed by atoms with Crippen LogP contribution in [0, 0.1) is 17.6 Å². The maximum atomic E-state index is 14.5. The van der Waals surface area contributed by atoms with Crippen molar-refractivity contribution in [3.63, 3.8) is 0 Å². The molecule has 2 atom stereocenters. The zero-order valence-electron chi connectivity index (χ0n) is 22.3. The minimum atomic E-state index is -5.05. The van der Waals surface area contributed by atoms with Gasteiger partial charge in [0.15, 0.2) is 18.2 Å². The summed E-state index contributed by atoms with van der Waals surface area (Å²) in [6.07, 6.45) is -5.59. The first-order valence-corrected chi connectivity index (χ1v) is 13.0. The standard InChI is InChI=1S/C26H24Cl2F7N3O5/c1-12(2)21(22(40)26(34,35)24(42)36-11-25(31,32)33)38-23(41)19(6-13-3-4-17(29)18(30)5-13)37-20(39)10-43-16-8-14(27)7-15(28)9-16/h3-5,7-9,12,19,21H,6,10-11H2,1-2H3,(H,36,42)(H,37,39)(H,38,41). The molecule has 2 rings (SSSR count). The minimum Gasteiger partial charge on any atom is -0.484 e. The molecule has 2 aromatic rings. The quantitative estimate of drug-likeness (QED) is 0.218. The summed E-state index contributed by atoms with van der Waals surface area (Å²) < 4.78 is 98.7. The van der Waals surface area contributed by atoms with Crippen molar-refractivity contribution in [1.82, 2.24) is 16.0 Å². The van der Waals surface area contributed by atoms with Crippen LogP contribution in [-0.4, -0.2) is 60.8 Å². The molecular formula is C26H24Cl2F7N3O5. The number of carbonyl (C=O) groups excluding carboxylic acids is 4. The summed E-state index contributed by atoms with van der Waals surface area (Å²) in [6, 6.07) is 2.68. The van der Waals surface area contributed by atoms with E-state index >= 15 is 0 Å². The van der Waals surface area contributed by atoms with Crippen molar-refractivity contribution in [3.8, 4) is 5.75 Å². The summed E-state index contributed by atoms with van der Waals surface area (Å²) in [5.41, 5.74) is -0.0360. The number of nitrogens with one attached hydrogen (secondary N) is 3. The second-order valence-electron chi connectivity index (χ2n) is 9.43. The molecule has 0 saturated heterocycles. The number of benzene rings is 2. The highest BCUT2D eigenvalue weighted by atomic mass is 35.5. The second-order valence-corrected chi connectivity index (χ2v) is 10.3. The largest absolute Gasteiger partial charge is 0.484 e. The topological polar surface area (TPSA) is 114 Å². The molecule has 0 spiro atoms. The molecule has 2 aromatic carbocycles. The van der Waals surface area contributed by atoms with Crippen molar-refractivity contribution in [2.75, 3.05) is 13.2 Å². The van der Waals surface area contributed by atoms with Gasteiger partial charge in [0.05, 0.1) is 6.04 Å². The first-order valence-electron chi connectivity index (χ1n) is 12.2. The van der Waals surface area contributed by atoms with Gasteiger partial charge in [-0.25, -0.2) is 8.78 Å². The van der Waals surface area contributed by atoms with Crippen molar-refractivity contribution >= 4 is 46.7 Å². The fourth-order valence-corrected chi connectivity index (χ4v) is 4.00. The van der Waals surface area contributed by atoms with E-state index in [0.29, 0.717) is 6.07 Å². The lowest BCUT2D eigenvalue weighted by Crippen LogP contribution is -2.59. The molecule has 8 nitrogen and oxygen atoms in total. The summed E-state index contributed by atoms with van der Waals surface area (Å²) in [6.45, 7) is -0.486. The maximum Gasteiger partial charge on any atom is 0.405 e. The van der Waals surface area contributed by atoms with E-state index in [4.69, 9.17) is 27.9 Å². The Hall–Kier alpha value is -3.59. The fourth-order valence-electron chi connectivity index (χ4n) is 3.50. The number of amides is 3. The van der Waals surface area contributed by atoms with Gasteiger partial charge in [-0.15, -0.1) is 0 Å². The summed E-state index contributed by atoms with van der Waals surface area (Å²) in [7, 11) is 0. The van der Waals surface area contributed by atoms with Crippen molar-refractivity contribution in [3.05, 3.63) is 63.6 Å². The van der Waals surface area contributed by atoms with Gasteiger partial charge < -0.3 is 20.7 Å². The maximum absolute atomic E-state index is 14.5. The van der Waals surface area contributed by atoms with Crippen LogP contribution >= 0.6 is 23.2 Å². The number of hydrogen-bond acceptors (Lipinski definition) is 5. The molecule has 3 amide bonds. The van der Waals surface area contributed by atoms with Gasteiger partial charge >= 0.3 is 12.1 Å². The van der Waals surface area contributed by atoms with Crippen LogP contribution < -0.4 is 20.7 Å². The lowest BCUT2D eigenvalue weighted by molar-refractivity contribution is -0.165. The van der Waals surface area contributed by atoms with E-state index in [2.05, 4.69) is 5.32 Å². The van der Waals surface area contributed by atoms with Crippen LogP contribution in [0.15, 0.2) is 36.4 Å². The van der Waals surface area contributed by atoms with E-state index in [1.54, 1.807) is 0 Å². The van der Waals surface area contributed by atoms with Gasteiger partial charge in [0.25, 0.3) is 11.8 Å². The number of halogens is 9. The van der Waals surface area contributed by atoms with Gasteiger partial charge in [-0.1, -0.05) is 43.1 Å². The molecule has 0 aliphatic carbocycles. The van der Waals surface area contributed by atoms with Crippen molar-refractivity contribution in [2.45, 2.75) is 44.5 Å². The molecule has 0 radical (unpaired) electrons. The summed E-state index contributed by atoms with van der Waals surface area (Å²) >= 11 is 11.7. The molecule has 0 aromatic heterocycles. The van der Waals surface area contributed by atoms with E-state index in [1.165, 1.54) is 32.0 Å².